The quantitative estimate of drug-likeness (QED) is 0.522. The van der Waals surface area contributed by atoms with E-state index in [2.05, 4.69) is 0 Å². The molecule has 1 rings (SSSR count). The molecule has 1 aromatic carbocycles. The van der Waals surface area contributed by atoms with Crippen LogP contribution in [-0.4, -0.2) is 11.0 Å². The van der Waals surface area contributed by atoms with Crippen molar-refractivity contribution in [3.8, 4) is 0 Å². The molecule has 0 aliphatic rings. The molecule has 4 heteroatoms. The monoisotopic (exact) mass is 223 g/mol. The Morgan fingerprint density at radius 1 is 1.08 bits per heavy atom. The number of alkyl halides is 3. The van der Waals surface area contributed by atoms with E-state index in [1.807, 2.05) is 30.3 Å². The highest BCUT2D eigenvalue weighted by molar-refractivity contribution is 6.68. The summed E-state index contributed by atoms with van der Waals surface area (Å²) < 4.78 is -1.39. The molecular weight excluding hydrogens is 216 g/mol. The van der Waals surface area contributed by atoms with Gasteiger partial charge in [0.25, 0.3) is 3.92 Å². The van der Waals surface area contributed by atoms with Gasteiger partial charge in [-0.15, -0.1) is 0 Å². The van der Waals surface area contributed by atoms with E-state index in [1.54, 1.807) is 11.9 Å². The van der Waals surface area contributed by atoms with Crippen LogP contribution in [-0.2, 0) is 0 Å². The fourth-order valence-corrected chi connectivity index (χ4v) is 1.09. The van der Waals surface area contributed by atoms with E-state index in [4.69, 9.17) is 34.8 Å². The number of hydrogen-bond donors (Lipinski definition) is 0. The number of nitrogens with zero attached hydrogens (tertiary/aromatic N) is 1. The van der Waals surface area contributed by atoms with Gasteiger partial charge in [-0.1, -0.05) is 53.0 Å². The van der Waals surface area contributed by atoms with Crippen LogP contribution in [0.25, 0.3) is 0 Å². The second-order valence-corrected chi connectivity index (χ2v) is 4.58. The van der Waals surface area contributed by atoms with Crippen LogP contribution < -0.4 is 4.90 Å². The first-order valence-corrected chi connectivity index (χ1v) is 4.51. The lowest BCUT2D eigenvalue weighted by Gasteiger charge is -2.26. The molecule has 0 saturated heterocycles. The number of hydrogen-bond acceptors (Lipinski definition) is 1. The third-order valence-electron chi connectivity index (χ3n) is 1.52. The molecule has 0 aliphatic carbocycles. The van der Waals surface area contributed by atoms with Crippen molar-refractivity contribution in [1.82, 2.24) is 0 Å². The number of benzene rings is 1. The molecule has 66 valence electrons. The van der Waals surface area contributed by atoms with Gasteiger partial charge in [0.15, 0.2) is 0 Å². The first kappa shape index (κ1) is 9.97. The lowest BCUT2D eigenvalue weighted by Crippen LogP contribution is -2.30. The first-order chi connectivity index (χ1) is 5.52. The minimum atomic E-state index is -1.39. The number of para-hydroxylation sites is 1. The maximum absolute atomic E-state index is 5.67. The molecule has 0 atom stereocenters. The molecule has 0 heterocycles. The summed E-state index contributed by atoms with van der Waals surface area (Å²) in [5.74, 6) is 0. The van der Waals surface area contributed by atoms with Crippen molar-refractivity contribution in [2.24, 2.45) is 0 Å². The summed E-state index contributed by atoms with van der Waals surface area (Å²) in [5, 5.41) is 0. The highest BCUT2D eigenvalue weighted by Crippen LogP contribution is 2.33. The minimum Gasteiger partial charge on any atom is -0.331 e. The van der Waals surface area contributed by atoms with E-state index in [0.29, 0.717) is 0 Å². The van der Waals surface area contributed by atoms with Crippen LogP contribution in [0.1, 0.15) is 0 Å². The highest BCUT2D eigenvalue weighted by Gasteiger charge is 2.25. The molecule has 1 aromatic rings. The third-order valence-corrected chi connectivity index (χ3v) is 2.28. The Labute approximate surface area is 86.8 Å². The van der Waals surface area contributed by atoms with Gasteiger partial charge in [-0.25, -0.2) is 0 Å². The predicted octanol–water partition coefficient (Wildman–Crippen LogP) is 3.45. The fraction of sp³-hybridized carbons (Fsp3) is 0.250. The zero-order chi connectivity index (χ0) is 9.19. The van der Waals surface area contributed by atoms with Crippen LogP contribution in [0.3, 0.4) is 0 Å². The maximum Gasteiger partial charge on any atom is 0.268 e. The van der Waals surface area contributed by atoms with Crippen molar-refractivity contribution in [2.75, 3.05) is 11.9 Å². The van der Waals surface area contributed by atoms with Crippen LogP contribution in [0.2, 0.25) is 0 Å². The number of anilines is 1. The normalized spacial score (nSPS) is 11.3. The summed E-state index contributed by atoms with van der Waals surface area (Å²) in [6.45, 7) is 0. The van der Waals surface area contributed by atoms with Crippen LogP contribution in [0.5, 0.6) is 0 Å². The van der Waals surface area contributed by atoms with Gasteiger partial charge in [0, 0.05) is 12.7 Å². The second-order valence-electron chi connectivity index (χ2n) is 2.36. The average molecular weight is 225 g/mol. The van der Waals surface area contributed by atoms with E-state index in [1.165, 1.54) is 0 Å². The van der Waals surface area contributed by atoms with E-state index in [9.17, 15) is 0 Å². The van der Waals surface area contributed by atoms with Crippen LogP contribution in [0, 0.1) is 0 Å². The summed E-state index contributed by atoms with van der Waals surface area (Å²) in [5.41, 5.74) is 0.873. The maximum atomic E-state index is 5.67. The van der Waals surface area contributed by atoms with Gasteiger partial charge < -0.3 is 4.90 Å². The van der Waals surface area contributed by atoms with Gasteiger partial charge in [0.1, 0.15) is 0 Å². The lowest BCUT2D eigenvalue weighted by atomic mass is 10.3. The van der Waals surface area contributed by atoms with Crippen molar-refractivity contribution in [3.63, 3.8) is 0 Å². The Kier molecular flexibility index (Phi) is 3.10. The molecule has 0 saturated carbocycles. The Balaban J connectivity index is 2.86. The molecule has 0 fully saturated rings. The van der Waals surface area contributed by atoms with Crippen LogP contribution >= 0.6 is 34.8 Å². The van der Waals surface area contributed by atoms with Crippen molar-refractivity contribution in [2.45, 2.75) is 3.92 Å². The summed E-state index contributed by atoms with van der Waals surface area (Å²) in [6.07, 6.45) is 0. The SMILES string of the molecule is CN(c1ccccc1)C(Cl)(Cl)Cl. The predicted molar refractivity (Wildman–Crippen MR) is 55.1 cm³/mol. The number of halogens is 3. The Morgan fingerprint density at radius 2 is 1.58 bits per heavy atom. The van der Waals surface area contributed by atoms with Gasteiger partial charge >= 0.3 is 0 Å². The van der Waals surface area contributed by atoms with E-state index in [-0.39, 0.29) is 0 Å². The van der Waals surface area contributed by atoms with Gasteiger partial charge in [0.05, 0.1) is 0 Å². The van der Waals surface area contributed by atoms with Crippen molar-refractivity contribution >= 4 is 40.5 Å². The standard InChI is InChI=1S/C8H8Cl3N/c1-12(8(9,10)11)7-5-3-2-4-6-7/h2-6H,1H3. The lowest BCUT2D eigenvalue weighted by molar-refractivity contribution is 0.973. The Bertz CT molecular complexity index is 242. The summed E-state index contributed by atoms with van der Waals surface area (Å²) in [6, 6.07) is 9.45. The Morgan fingerprint density at radius 3 is 2.00 bits per heavy atom. The summed E-state index contributed by atoms with van der Waals surface area (Å²) in [7, 11) is 1.72. The zero-order valence-electron chi connectivity index (χ0n) is 6.47. The molecule has 0 amide bonds. The van der Waals surface area contributed by atoms with Crippen LogP contribution in [0.4, 0.5) is 5.69 Å². The van der Waals surface area contributed by atoms with Gasteiger partial charge in [-0.05, 0) is 12.1 Å². The van der Waals surface area contributed by atoms with Gasteiger partial charge in [-0.2, -0.15) is 0 Å². The minimum absolute atomic E-state index is 0.873. The van der Waals surface area contributed by atoms with Crippen molar-refractivity contribution in [3.05, 3.63) is 30.3 Å². The molecule has 0 N–H and O–H groups in total. The van der Waals surface area contributed by atoms with E-state index < -0.39 is 3.92 Å². The summed E-state index contributed by atoms with van der Waals surface area (Å²) >= 11 is 17.0. The molecule has 0 aliphatic heterocycles. The van der Waals surface area contributed by atoms with E-state index >= 15 is 0 Å². The highest BCUT2D eigenvalue weighted by atomic mass is 35.6. The van der Waals surface area contributed by atoms with Gasteiger partial charge in [-0.3, -0.25) is 0 Å². The number of rotatable bonds is 1. The molecule has 0 spiro atoms. The summed E-state index contributed by atoms with van der Waals surface area (Å²) in [4.78, 5) is 1.57. The molecule has 0 bridgehead atoms. The second kappa shape index (κ2) is 3.73. The van der Waals surface area contributed by atoms with Crippen molar-refractivity contribution < 1.29 is 0 Å². The average Bonchev–Trinajstić information content (AvgIpc) is 2.03. The first-order valence-electron chi connectivity index (χ1n) is 3.37. The molecule has 0 aromatic heterocycles. The molecular formula is C8H8Cl3N. The zero-order valence-corrected chi connectivity index (χ0v) is 8.74. The smallest absolute Gasteiger partial charge is 0.268 e. The van der Waals surface area contributed by atoms with Crippen molar-refractivity contribution in [1.29, 1.82) is 0 Å². The molecule has 1 nitrogen and oxygen atoms in total. The molecule has 0 unspecified atom stereocenters. The fourth-order valence-electron chi connectivity index (χ4n) is 0.798. The Hall–Kier alpha value is -0.110. The third kappa shape index (κ3) is 2.44. The molecule has 0 radical (unpaired) electrons. The van der Waals surface area contributed by atoms with E-state index in [0.717, 1.165) is 5.69 Å². The largest absolute Gasteiger partial charge is 0.331 e. The topological polar surface area (TPSA) is 3.24 Å². The van der Waals surface area contributed by atoms with Gasteiger partial charge in [0.2, 0.25) is 0 Å². The molecule has 12 heavy (non-hydrogen) atoms. The van der Waals surface area contributed by atoms with Crippen LogP contribution in [0.15, 0.2) is 30.3 Å².